The molecule has 0 saturated carbocycles. The van der Waals surface area contributed by atoms with Gasteiger partial charge in [0.15, 0.2) is 0 Å². The molecule has 0 radical (unpaired) electrons. The maximum absolute atomic E-state index is 11.7. The second-order valence-corrected chi connectivity index (χ2v) is 10.3. The molecule has 1 fully saturated rings. The summed E-state index contributed by atoms with van der Waals surface area (Å²) in [6.45, 7) is 7.43. The molecule has 1 aliphatic heterocycles. The first-order valence-electron chi connectivity index (χ1n) is 6.24. The van der Waals surface area contributed by atoms with E-state index in [0.717, 1.165) is 24.2 Å². The van der Waals surface area contributed by atoms with E-state index < -0.39 is 8.07 Å². The number of nitrogens with zero attached hydrogens (tertiary/aromatic N) is 2. The SMILES string of the molecule is C[Si](C)(C)C#Cc1cncc(N2CCCC2=O)c1. The molecule has 0 N–H and O–H groups in total. The van der Waals surface area contributed by atoms with Gasteiger partial charge in [0.2, 0.25) is 5.91 Å². The van der Waals surface area contributed by atoms with Gasteiger partial charge in [-0.2, -0.15) is 0 Å². The molecule has 2 heterocycles. The van der Waals surface area contributed by atoms with Crippen molar-refractivity contribution in [1.82, 2.24) is 4.98 Å². The molecule has 1 aliphatic rings. The fourth-order valence-corrected chi connectivity index (χ4v) is 2.34. The van der Waals surface area contributed by atoms with Crippen LogP contribution in [0.2, 0.25) is 19.6 Å². The third-order valence-electron chi connectivity index (χ3n) is 2.69. The van der Waals surface area contributed by atoms with Gasteiger partial charge in [0, 0.05) is 24.7 Å². The maximum Gasteiger partial charge on any atom is 0.227 e. The molecule has 0 aromatic carbocycles. The van der Waals surface area contributed by atoms with Crippen molar-refractivity contribution in [3.05, 3.63) is 24.0 Å². The van der Waals surface area contributed by atoms with E-state index in [4.69, 9.17) is 0 Å². The Morgan fingerprint density at radius 1 is 1.33 bits per heavy atom. The first-order chi connectivity index (χ1) is 8.46. The Kier molecular flexibility index (Phi) is 3.53. The monoisotopic (exact) mass is 258 g/mol. The third kappa shape index (κ3) is 3.20. The number of rotatable bonds is 1. The van der Waals surface area contributed by atoms with Gasteiger partial charge in [-0.15, -0.1) is 5.54 Å². The Balaban J connectivity index is 2.24. The van der Waals surface area contributed by atoms with Crippen LogP contribution in [0.4, 0.5) is 5.69 Å². The Morgan fingerprint density at radius 3 is 2.72 bits per heavy atom. The second kappa shape index (κ2) is 4.95. The zero-order valence-corrected chi connectivity index (χ0v) is 12.2. The van der Waals surface area contributed by atoms with Crippen molar-refractivity contribution in [2.45, 2.75) is 32.5 Å². The molecule has 3 nitrogen and oxygen atoms in total. The lowest BCUT2D eigenvalue weighted by atomic mass is 10.2. The predicted molar refractivity (Wildman–Crippen MR) is 76.0 cm³/mol. The summed E-state index contributed by atoms with van der Waals surface area (Å²) >= 11 is 0. The highest BCUT2D eigenvalue weighted by molar-refractivity contribution is 6.83. The first kappa shape index (κ1) is 12.8. The molecule has 0 unspecified atom stereocenters. The Bertz CT molecular complexity index is 523. The van der Waals surface area contributed by atoms with E-state index in [9.17, 15) is 4.79 Å². The van der Waals surface area contributed by atoms with Crippen LogP contribution in [0.3, 0.4) is 0 Å². The predicted octanol–water partition coefficient (Wildman–Crippen LogP) is 2.44. The maximum atomic E-state index is 11.7. The van der Waals surface area contributed by atoms with Gasteiger partial charge in [-0.25, -0.2) is 0 Å². The van der Waals surface area contributed by atoms with Crippen LogP contribution in [0.1, 0.15) is 18.4 Å². The zero-order chi connectivity index (χ0) is 13.2. The molecule has 0 aliphatic carbocycles. The number of carbonyl (C=O) groups is 1. The molecule has 0 bridgehead atoms. The standard InChI is InChI=1S/C14H18N2OSi/c1-18(2,3)8-6-12-9-13(11-15-10-12)16-7-4-5-14(16)17/h9-11H,4-5,7H2,1-3H3. The minimum Gasteiger partial charge on any atom is -0.311 e. The fourth-order valence-electron chi connectivity index (χ4n) is 1.82. The molecule has 2 rings (SSSR count). The average Bonchev–Trinajstić information content (AvgIpc) is 2.72. The molecule has 1 aromatic rings. The first-order valence-corrected chi connectivity index (χ1v) is 9.74. The highest BCUT2D eigenvalue weighted by Gasteiger charge is 2.21. The van der Waals surface area contributed by atoms with Crippen LogP contribution in [0.25, 0.3) is 0 Å². The molecule has 1 amide bonds. The Morgan fingerprint density at radius 2 is 2.11 bits per heavy atom. The smallest absolute Gasteiger partial charge is 0.227 e. The van der Waals surface area contributed by atoms with Gasteiger partial charge in [0.25, 0.3) is 0 Å². The second-order valence-electron chi connectivity index (χ2n) is 5.58. The number of carbonyl (C=O) groups excluding carboxylic acids is 1. The van der Waals surface area contributed by atoms with Crippen molar-refractivity contribution in [2.75, 3.05) is 11.4 Å². The van der Waals surface area contributed by atoms with Gasteiger partial charge < -0.3 is 4.90 Å². The van der Waals surface area contributed by atoms with Crippen molar-refractivity contribution in [2.24, 2.45) is 0 Å². The van der Waals surface area contributed by atoms with Crippen LogP contribution in [-0.4, -0.2) is 25.5 Å². The van der Waals surface area contributed by atoms with Crippen LogP contribution in [0, 0.1) is 11.5 Å². The molecule has 1 aromatic heterocycles. The number of hydrogen-bond acceptors (Lipinski definition) is 2. The summed E-state index contributed by atoms with van der Waals surface area (Å²) in [4.78, 5) is 17.7. The summed E-state index contributed by atoms with van der Waals surface area (Å²) < 4.78 is 0. The van der Waals surface area contributed by atoms with Gasteiger partial charge >= 0.3 is 0 Å². The quantitative estimate of drug-likeness (QED) is 0.572. The summed E-state index contributed by atoms with van der Waals surface area (Å²) in [5.41, 5.74) is 5.09. The fraction of sp³-hybridized carbons (Fsp3) is 0.429. The van der Waals surface area contributed by atoms with E-state index in [-0.39, 0.29) is 5.91 Å². The van der Waals surface area contributed by atoms with E-state index in [0.29, 0.717) is 6.42 Å². The summed E-state index contributed by atoms with van der Waals surface area (Å²) in [6.07, 6.45) is 5.08. The summed E-state index contributed by atoms with van der Waals surface area (Å²) in [5.74, 6) is 3.36. The number of anilines is 1. The molecule has 18 heavy (non-hydrogen) atoms. The lowest BCUT2D eigenvalue weighted by Gasteiger charge is -2.15. The summed E-state index contributed by atoms with van der Waals surface area (Å²) in [6, 6.07) is 1.96. The molecule has 0 spiro atoms. The van der Waals surface area contributed by atoms with E-state index in [1.165, 1.54) is 0 Å². The van der Waals surface area contributed by atoms with Gasteiger partial charge in [0.1, 0.15) is 8.07 Å². The van der Waals surface area contributed by atoms with E-state index >= 15 is 0 Å². The molecule has 94 valence electrons. The number of pyridine rings is 1. The molecule has 1 saturated heterocycles. The molecular weight excluding hydrogens is 240 g/mol. The number of amides is 1. The van der Waals surface area contributed by atoms with Crippen LogP contribution in [0.15, 0.2) is 18.5 Å². The largest absolute Gasteiger partial charge is 0.311 e. The lowest BCUT2D eigenvalue weighted by Crippen LogP contribution is -2.23. The van der Waals surface area contributed by atoms with Gasteiger partial charge in [-0.05, 0) is 12.5 Å². The lowest BCUT2D eigenvalue weighted by molar-refractivity contribution is -0.117. The number of aromatic nitrogens is 1. The van der Waals surface area contributed by atoms with Crippen molar-refractivity contribution in [1.29, 1.82) is 0 Å². The van der Waals surface area contributed by atoms with Crippen LogP contribution in [0.5, 0.6) is 0 Å². The molecule has 4 heteroatoms. The third-order valence-corrected chi connectivity index (χ3v) is 3.57. The topological polar surface area (TPSA) is 33.2 Å². The van der Waals surface area contributed by atoms with Crippen LogP contribution >= 0.6 is 0 Å². The van der Waals surface area contributed by atoms with Crippen molar-refractivity contribution in [3.8, 4) is 11.5 Å². The van der Waals surface area contributed by atoms with Gasteiger partial charge in [-0.1, -0.05) is 25.6 Å². The summed E-state index contributed by atoms with van der Waals surface area (Å²) in [7, 11) is -1.37. The van der Waals surface area contributed by atoms with Crippen molar-refractivity contribution < 1.29 is 4.79 Å². The van der Waals surface area contributed by atoms with Crippen molar-refractivity contribution >= 4 is 19.7 Å². The Labute approximate surface area is 109 Å². The highest BCUT2D eigenvalue weighted by atomic mass is 28.3. The molecule has 0 atom stereocenters. The van der Waals surface area contributed by atoms with Crippen LogP contribution < -0.4 is 4.90 Å². The summed E-state index contributed by atoms with van der Waals surface area (Å²) in [5, 5.41) is 0. The van der Waals surface area contributed by atoms with E-state index in [2.05, 4.69) is 36.1 Å². The zero-order valence-electron chi connectivity index (χ0n) is 11.2. The average molecular weight is 258 g/mol. The molecular formula is C14H18N2OSi. The van der Waals surface area contributed by atoms with Gasteiger partial charge in [-0.3, -0.25) is 9.78 Å². The number of hydrogen-bond donors (Lipinski definition) is 0. The normalized spacial score (nSPS) is 15.5. The van der Waals surface area contributed by atoms with E-state index in [1.54, 1.807) is 17.3 Å². The Hall–Kier alpha value is -1.60. The van der Waals surface area contributed by atoms with Gasteiger partial charge in [0.05, 0.1) is 11.9 Å². The highest BCUT2D eigenvalue weighted by Crippen LogP contribution is 2.20. The minimum atomic E-state index is -1.37. The minimum absolute atomic E-state index is 0.187. The van der Waals surface area contributed by atoms with E-state index in [1.807, 2.05) is 6.07 Å². The van der Waals surface area contributed by atoms with Crippen LogP contribution in [-0.2, 0) is 4.79 Å². The van der Waals surface area contributed by atoms with Crippen molar-refractivity contribution in [3.63, 3.8) is 0 Å².